The quantitative estimate of drug-likeness (QED) is 0.841. The van der Waals surface area contributed by atoms with E-state index >= 15 is 0 Å². The first-order valence-electron chi connectivity index (χ1n) is 7.62. The fourth-order valence-corrected chi connectivity index (χ4v) is 2.47. The molecular weight excluding hydrogens is 326 g/mol. The van der Waals surface area contributed by atoms with E-state index in [-0.39, 0.29) is 11.8 Å². The number of carbonyl (C=O) groups excluding carboxylic acids is 1. The summed E-state index contributed by atoms with van der Waals surface area (Å²) in [5.74, 6) is -1.39. The first-order chi connectivity index (χ1) is 11.2. The highest BCUT2D eigenvalue weighted by Gasteiger charge is 2.29. The number of halogens is 1. The van der Waals surface area contributed by atoms with Gasteiger partial charge in [0.1, 0.15) is 0 Å². The fraction of sp³-hybridized carbons (Fsp3) is 0.263. The van der Waals surface area contributed by atoms with Crippen LogP contribution in [0.2, 0.25) is 5.02 Å². The Morgan fingerprint density at radius 1 is 1.12 bits per heavy atom. The van der Waals surface area contributed by atoms with E-state index in [1.807, 2.05) is 19.1 Å². The molecule has 0 saturated heterocycles. The molecule has 2 N–H and O–H groups in total. The Morgan fingerprint density at radius 3 is 2.29 bits per heavy atom. The summed E-state index contributed by atoms with van der Waals surface area (Å²) in [7, 11) is 0. The molecule has 0 aliphatic rings. The lowest BCUT2D eigenvalue weighted by atomic mass is 9.85. The number of aliphatic carboxylic acids is 1. The third-order valence-corrected chi connectivity index (χ3v) is 4.39. The van der Waals surface area contributed by atoms with Crippen molar-refractivity contribution in [2.45, 2.75) is 32.1 Å². The van der Waals surface area contributed by atoms with Gasteiger partial charge in [-0.05, 0) is 56.2 Å². The van der Waals surface area contributed by atoms with Gasteiger partial charge in [-0.1, -0.05) is 35.9 Å². The predicted octanol–water partition coefficient (Wildman–Crippen LogP) is 4.44. The van der Waals surface area contributed by atoms with Crippen molar-refractivity contribution in [1.82, 2.24) is 0 Å². The smallest absolute Gasteiger partial charge is 0.313 e. The molecule has 0 radical (unpaired) electrons. The van der Waals surface area contributed by atoms with Crippen molar-refractivity contribution in [2.75, 3.05) is 5.32 Å². The van der Waals surface area contributed by atoms with E-state index < -0.39 is 11.4 Å². The molecule has 4 nitrogen and oxygen atoms in total. The lowest BCUT2D eigenvalue weighted by Crippen LogP contribution is -2.28. The van der Waals surface area contributed by atoms with Crippen molar-refractivity contribution in [1.29, 1.82) is 0 Å². The number of rotatable bonds is 5. The SMILES string of the molecule is CC(C(=O)Nc1ccc(C(C)(C)C(=O)O)cc1)c1cccc(Cl)c1. The van der Waals surface area contributed by atoms with E-state index in [4.69, 9.17) is 11.6 Å². The number of hydrogen-bond acceptors (Lipinski definition) is 2. The summed E-state index contributed by atoms with van der Waals surface area (Å²) in [6.45, 7) is 5.09. The predicted molar refractivity (Wildman–Crippen MR) is 95.6 cm³/mol. The van der Waals surface area contributed by atoms with E-state index in [0.29, 0.717) is 16.3 Å². The Morgan fingerprint density at radius 2 is 1.75 bits per heavy atom. The summed E-state index contributed by atoms with van der Waals surface area (Å²) >= 11 is 5.96. The van der Waals surface area contributed by atoms with Crippen LogP contribution in [0.1, 0.15) is 37.8 Å². The monoisotopic (exact) mass is 345 g/mol. The topological polar surface area (TPSA) is 66.4 Å². The van der Waals surface area contributed by atoms with Gasteiger partial charge in [0.15, 0.2) is 0 Å². The number of carboxylic acids is 1. The molecule has 0 aromatic heterocycles. The number of carbonyl (C=O) groups is 2. The summed E-state index contributed by atoms with van der Waals surface area (Å²) in [4.78, 5) is 23.6. The van der Waals surface area contributed by atoms with E-state index in [9.17, 15) is 14.7 Å². The molecule has 24 heavy (non-hydrogen) atoms. The van der Waals surface area contributed by atoms with E-state index in [0.717, 1.165) is 5.56 Å². The molecular formula is C19H20ClNO3. The highest BCUT2D eigenvalue weighted by Crippen LogP contribution is 2.26. The molecule has 0 saturated carbocycles. The molecule has 2 rings (SSSR count). The van der Waals surface area contributed by atoms with Crippen LogP contribution >= 0.6 is 11.6 Å². The van der Waals surface area contributed by atoms with Crippen LogP contribution in [-0.4, -0.2) is 17.0 Å². The number of amides is 1. The van der Waals surface area contributed by atoms with Gasteiger partial charge in [0.2, 0.25) is 5.91 Å². The average molecular weight is 346 g/mol. The molecule has 2 aromatic carbocycles. The van der Waals surface area contributed by atoms with Crippen LogP contribution in [0.3, 0.4) is 0 Å². The molecule has 5 heteroatoms. The lowest BCUT2D eigenvalue weighted by Gasteiger charge is -2.20. The molecule has 0 fully saturated rings. The molecule has 1 unspecified atom stereocenters. The molecule has 126 valence electrons. The van der Waals surface area contributed by atoms with Crippen LogP contribution in [0, 0.1) is 0 Å². The number of anilines is 1. The highest BCUT2D eigenvalue weighted by atomic mass is 35.5. The second-order valence-electron chi connectivity index (χ2n) is 6.27. The van der Waals surface area contributed by atoms with Crippen molar-refractivity contribution >= 4 is 29.2 Å². The molecule has 0 spiro atoms. The van der Waals surface area contributed by atoms with Gasteiger partial charge in [0.05, 0.1) is 11.3 Å². The summed E-state index contributed by atoms with van der Waals surface area (Å²) in [6, 6.07) is 14.1. The molecule has 0 bridgehead atoms. The first kappa shape index (κ1) is 18.0. The van der Waals surface area contributed by atoms with E-state index in [1.165, 1.54) is 0 Å². The zero-order chi connectivity index (χ0) is 17.9. The number of benzene rings is 2. The number of nitrogens with one attached hydrogen (secondary N) is 1. The van der Waals surface area contributed by atoms with Crippen LogP contribution in [-0.2, 0) is 15.0 Å². The second kappa shape index (κ2) is 7.05. The lowest BCUT2D eigenvalue weighted by molar-refractivity contribution is -0.142. The Hall–Kier alpha value is -2.33. The molecule has 0 aliphatic heterocycles. The van der Waals surface area contributed by atoms with Gasteiger partial charge in [-0.15, -0.1) is 0 Å². The maximum absolute atomic E-state index is 12.4. The van der Waals surface area contributed by atoms with Crippen LogP contribution in [0.15, 0.2) is 48.5 Å². The minimum Gasteiger partial charge on any atom is -0.481 e. The molecule has 1 amide bonds. The second-order valence-corrected chi connectivity index (χ2v) is 6.71. The Bertz CT molecular complexity index is 753. The van der Waals surface area contributed by atoms with Gasteiger partial charge in [-0.25, -0.2) is 0 Å². The standard InChI is InChI=1S/C19H20ClNO3/c1-12(13-5-4-6-15(20)11-13)17(22)21-16-9-7-14(8-10-16)19(2,3)18(23)24/h4-12H,1-3H3,(H,21,22)(H,23,24). The molecule has 2 aromatic rings. The van der Waals surface area contributed by atoms with Crippen molar-refractivity contribution in [3.05, 3.63) is 64.7 Å². The van der Waals surface area contributed by atoms with Crippen molar-refractivity contribution in [2.24, 2.45) is 0 Å². The minimum absolute atomic E-state index is 0.150. The third kappa shape index (κ3) is 3.95. The van der Waals surface area contributed by atoms with Crippen molar-refractivity contribution in [3.8, 4) is 0 Å². The van der Waals surface area contributed by atoms with Gasteiger partial charge in [-0.3, -0.25) is 9.59 Å². The molecule has 0 aliphatic carbocycles. The maximum Gasteiger partial charge on any atom is 0.313 e. The zero-order valence-corrected chi connectivity index (χ0v) is 14.6. The van der Waals surface area contributed by atoms with Gasteiger partial charge in [-0.2, -0.15) is 0 Å². The van der Waals surface area contributed by atoms with Crippen molar-refractivity contribution < 1.29 is 14.7 Å². The molecule has 1 atom stereocenters. The zero-order valence-electron chi connectivity index (χ0n) is 13.8. The normalized spacial score (nSPS) is 12.5. The number of carboxylic acid groups (broad SMARTS) is 1. The summed E-state index contributed by atoms with van der Waals surface area (Å²) in [6.07, 6.45) is 0. The van der Waals surface area contributed by atoms with Crippen LogP contribution in [0.25, 0.3) is 0 Å². The Balaban J connectivity index is 2.11. The van der Waals surface area contributed by atoms with E-state index in [2.05, 4.69) is 5.32 Å². The Kier molecular flexibility index (Phi) is 5.30. The van der Waals surface area contributed by atoms with Crippen LogP contribution in [0.4, 0.5) is 5.69 Å². The van der Waals surface area contributed by atoms with Crippen molar-refractivity contribution in [3.63, 3.8) is 0 Å². The number of hydrogen-bond donors (Lipinski definition) is 2. The fourth-order valence-electron chi connectivity index (χ4n) is 2.27. The highest BCUT2D eigenvalue weighted by molar-refractivity contribution is 6.30. The average Bonchev–Trinajstić information content (AvgIpc) is 2.54. The van der Waals surface area contributed by atoms with Gasteiger partial charge in [0, 0.05) is 10.7 Å². The van der Waals surface area contributed by atoms with E-state index in [1.54, 1.807) is 50.2 Å². The third-order valence-electron chi connectivity index (χ3n) is 4.15. The maximum atomic E-state index is 12.4. The van der Waals surface area contributed by atoms with Gasteiger partial charge >= 0.3 is 5.97 Å². The minimum atomic E-state index is -0.976. The Labute approximate surface area is 146 Å². The van der Waals surface area contributed by atoms with Gasteiger partial charge in [0.25, 0.3) is 0 Å². The van der Waals surface area contributed by atoms with Crippen LogP contribution in [0.5, 0.6) is 0 Å². The van der Waals surface area contributed by atoms with Crippen LogP contribution < -0.4 is 5.32 Å². The molecule has 0 heterocycles. The summed E-state index contributed by atoms with van der Waals surface area (Å²) < 4.78 is 0. The summed E-state index contributed by atoms with van der Waals surface area (Å²) in [5, 5.41) is 12.7. The summed E-state index contributed by atoms with van der Waals surface area (Å²) in [5.41, 5.74) is 1.16. The van der Waals surface area contributed by atoms with Gasteiger partial charge < -0.3 is 10.4 Å². The first-order valence-corrected chi connectivity index (χ1v) is 8.00. The largest absolute Gasteiger partial charge is 0.481 e.